The molecule has 82 valence electrons. The van der Waals surface area contributed by atoms with Crippen molar-refractivity contribution < 1.29 is 4.74 Å². The average molecular weight is 215 g/mol. The number of pyridine rings is 1. The molecule has 0 spiro atoms. The second-order valence-electron chi connectivity index (χ2n) is 3.55. The Balaban J connectivity index is 2.63. The molecule has 0 fully saturated rings. The summed E-state index contributed by atoms with van der Waals surface area (Å²) in [5.41, 5.74) is 1.64. The van der Waals surface area contributed by atoms with Gasteiger partial charge < -0.3 is 4.74 Å². The number of hydrogen-bond donors (Lipinski definition) is 0. The van der Waals surface area contributed by atoms with E-state index in [1.54, 1.807) is 11.7 Å². The van der Waals surface area contributed by atoms with Crippen LogP contribution in [0.1, 0.15) is 5.69 Å². The lowest BCUT2D eigenvalue weighted by Crippen LogP contribution is -2.19. The van der Waals surface area contributed by atoms with Crippen molar-refractivity contribution in [2.75, 3.05) is 7.11 Å². The van der Waals surface area contributed by atoms with Gasteiger partial charge in [-0.15, -0.1) is 0 Å². The average Bonchev–Trinajstić information content (AvgIpc) is 2.29. The molecule has 0 N–H and O–H groups in total. The molecule has 0 aliphatic heterocycles. The molecule has 0 aliphatic carbocycles. The Hall–Kier alpha value is -2.03. The number of aromatic nitrogens is 1. The highest BCUT2D eigenvalue weighted by Crippen LogP contribution is 2.13. The summed E-state index contributed by atoms with van der Waals surface area (Å²) in [6.07, 6.45) is 0. The van der Waals surface area contributed by atoms with Crippen LogP contribution in [0.25, 0.3) is 5.69 Å². The van der Waals surface area contributed by atoms with E-state index < -0.39 is 0 Å². The van der Waals surface area contributed by atoms with E-state index in [1.807, 2.05) is 43.3 Å². The van der Waals surface area contributed by atoms with Gasteiger partial charge in [-0.25, -0.2) is 0 Å². The van der Waals surface area contributed by atoms with Crippen LogP contribution in [0.5, 0.6) is 5.75 Å². The first-order valence-electron chi connectivity index (χ1n) is 5.05. The molecule has 0 amide bonds. The Morgan fingerprint density at radius 1 is 1.12 bits per heavy atom. The molecule has 0 saturated heterocycles. The van der Waals surface area contributed by atoms with E-state index in [4.69, 9.17) is 4.74 Å². The van der Waals surface area contributed by atoms with Gasteiger partial charge in [-0.05, 0) is 25.1 Å². The number of hydrogen-bond acceptors (Lipinski definition) is 2. The molecule has 2 rings (SSSR count). The minimum absolute atomic E-state index is 0.0805. The third-order valence-electron chi connectivity index (χ3n) is 2.44. The summed E-state index contributed by atoms with van der Waals surface area (Å²) in [6, 6.07) is 12.9. The molecule has 1 heterocycles. The van der Waals surface area contributed by atoms with Crippen LogP contribution in [0, 0.1) is 6.92 Å². The fourth-order valence-electron chi connectivity index (χ4n) is 1.70. The number of nitrogens with zero attached hydrogens (tertiary/aromatic N) is 1. The van der Waals surface area contributed by atoms with Gasteiger partial charge in [0.15, 0.2) is 0 Å². The van der Waals surface area contributed by atoms with Crippen LogP contribution in [-0.4, -0.2) is 11.7 Å². The van der Waals surface area contributed by atoms with Gasteiger partial charge in [-0.3, -0.25) is 9.36 Å². The first-order chi connectivity index (χ1) is 7.72. The predicted octanol–water partition coefficient (Wildman–Crippen LogP) is 2.15. The Labute approximate surface area is 93.9 Å². The highest BCUT2D eigenvalue weighted by atomic mass is 16.5. The number of methoxy groups -OCH3 is 1. The Bertz CT molecular complexity index is 544. The molecule has 16 heavy (non-hydrogen) atoms. The molecule has 3 heteroatoms. The van der Waals surface area contributed by atoms with Gasteiger partial charge >= 0.3 is 0 Å². The summed E-state index contributed by atoms with van der Waals surface area (Å²) in [4.78, 5) is 11.9. The molecular weight excluding hydrogens is 202 g/mol. The van der Waals surface area contributed by atoms with E-state index in [1.165, 1.54) is 6.07 Å². The summed E-state index contributed by atoms with van der Waals surface area (Å²) in [5.74, 6) is 0.592. The van der Waals surface area contributed by atoms with Crippen molar-refractivity contribution in [1.82, 2.24) is 4.57 Å². The number of rotatable bonds is 2. The fraction of sp³-hybridized carbons (Fsp3) is 0.154. The second kappa shape index (κ2) is 4.23. The zero-order chi connectivity index (χ0) is 11.5. The van der Waals surface area contributed by atoms with E-state index in [2.05, 4.69) is 0 Å². The van der Waals surface area contributed by atoms with E-state index >= 15 is 0 Å². The fourth-order valence-corrected chi connectivity index (χ4v) is 1.70. The highest BCUT2D eigenvalue weighted by molar-refractivity contribution is 5.36. The van der Waals surface area contributed by atoms with Crippen LogP contribution in [0.15, 0.2) is 47.3 Å². The normalized spacial score (nSPS) is 10.1. The van der Waals surface area contributed by atoms with Crippen LogP contribution in [0.3, 0.4) is 0 Å². The number of aryl methyl sites for hydroxylation is 1. The summed E-state index contributed by atoms with van der Waals surface area (Å²) in [5, 5.41) is 0. The zero-order valence-electron chi connectivity index (χ0n) is 9.31. The first kappa shape index (κ1) is 10.5. The van der Waals surface area contributed by atoms with Crippen molar-refractivity contribution in [3.63, 3.8) is 0 Å². The largest absolute Gasteiger partial charge is 0.496 e. The number of para-hydroxylation sites is 1. The van der Waals surface area contributed by atoms with Crippen molar-refractivity contribution in [3.8, 4) is 11.4 Å². The van der Waals surface area contributed by atoms with Gasteiger partial charge in [0.25, 0.3) is 5.56 Å². The van der Waals surface area contributed by atoms with Crippen LogP contribution < -0.4 is 10.3 Å². The highest BCUT2D eigenvalue weighted by Gasteiger charge is 2.04. The predicted molar refractivity (Wildman–Crippen MR) is 63.3 cm³/mol. The van der Waals surface area contributed by atoms with Crippen LogP contribution in [-0.2, 0) is 0 Å². The minimum atomic E-state index is -0.0805. The number of benzene rings is 1. The Kier molecular flexibility index (Phi) is 2.77. The first-order valence-corrected chi connectivity index (χ1v) is 5.05. The van der Waals surface area contributed by atoms with Gasteiger partial charge in [0.2, 0.25) is 0 Å². The molecule has 3 nitrogen and oxygen atoms in total. The zero-order valence-corrected chi connectivity index (χ0v) is 9.31. The summed E-state index contributed by atoms with van der Waals surface area (Å²) >= 11 is 0. The molecule has 0 radical (unpaired) electrons. The third-order valence-corrected chi connectivity index (χ3v) is 2.44. The van der Waals surface area contributed by atoms with Crippen molar-refractivity contribution in [1.29, 1.82) is 0 Å². The van der Waals surface area contributed by atoms with Crippen molar-refractivity contribution in [3.05, 3.63) is 58.5 Å². The lowest BCUT2D eigenvalue weighted by Gasteiger charge is -2.10. The lowest BCUT2D eigenvalue weighted by molar-refractivity contribution is 0.412. The van der Waals surface area contributed by atoms with Gasteiger partial charge in [0.05, 0.1) is 7.11 Å². The smallest absolute Gasteiger partial charge is 0.258 e. The minimum Gasteiger partial charge on any atom is -0.496 e. The van der Waals surface area contributed by atoms with Gasteiger partial charge in [-0.2, -0.15) is 0 Å². The van der Waals surface area contributed by atoms with E-state index in [-0.39, 0.29) is 5.56 Å². The van der Waals surface area contributed by atoms with Gasteiger partial charge in [0, 0.05) is 17.4 Å². The Morgan fingerprint density at radius 2 is 1.81 bits per heavy atom. The van der Waals surface area contributed by atoms with Crippen LogP contribution in [0.4, 0.5) is 0 Å². The molecule has 0 saturated carbocycles. The second-order valence-corrected chi connectivity index (χ2v) is 3.55. The van der Waals surface area contributed by atoms with Crippen LogP contribution in [0.2, 0.25) is 0 Å². The Morgan fingerprint density at radius 3 is 2.38 bits per heavy atom. The maximum Gasteiger partial charge on any atom is 0.258 e. The van der Waals surface area contributed by atoms with E-state index in [0.29, 0.717) is 5.75 Å². The molecule has 1 aromatic heterocycles. The molecule has 0 atom stereocenters. The molecular formula is C13H13NO2. The summed E-state index contributed by atoms with van der Waals surface area (Å²) < 4.78 is 6.71. The SMILES string of the molecule is COc1cc(C)n(-c2ccccc2)c(=O)c1. The van der Waals surface area contributed by atoms with Gasteiger partial charge in [0.1, 0.15) is 5.75 Å². The lowest BCUT2D eigenvalue weighted by atomic mass is 10.2. The molecule has 0 unspecified atom stereocenters. The standard InChI is InChI=1S/C13H13NO2/c1-10-8-12(16-2)9-13(15)14(10)11-6-4-3-5-7-11/h3-9H,1-2H3. The van der Waals surface area contributed by atoms with Crippen molar-refractivity contribution in [2.45, 2.75) is 6.92 Å². The molecule has 0 bridgehead atoms. The molecule has 2 aromatic rings. The third kappa shape index (κ3) is 1.84. The monoisotopic (exact) mass is 215 g/mol. The molecule has 1 aromatic carbocycles. The maximum atomic E-state index is 11.9. The maximum absolute atomic E-state index is 11.9. The quantitative estimate of drug-likeness (QED) is 0.768. The number of ether oxygens (including phenoxy) is 1. The summed E-state index contributed by atoms with van der Waals surface area (Å²) in [7, 11) is 1.56. The topological polar surface area (TPSA) is 31.2 Å². The van der Waals surface area contributed by atoms with Crippen molar-refractivity contribution in [2.24, 2.45) is 0 Å². The van der Waals surface area contributed by atoms with Crippen LogP contribution >= 0.6 is 0 Å². The van der Waals surface area contributed by atoms with Crippen molar-refractivity contribution >= 4 is 0 Å². The summed E-state index contributed by atoms with van der Waals surface area (Å²) in [6.45, 7) is 1.89. The van der Waals surface area contributed by atoms with E-state index in [9.17, 15) is 4.79 Å². The van der Waals surface area contributed by atoms with Gasteiger partial charge in [-0.1, -0.05) is 18.2 Å². The van der Waals surface area contributed by atoms with E-state index in [0.717, 1.165) is 11.4 Å². The molecule has 0 aliphatic rings.